The molecular weight excluding hydrogens is 1130 g/mol. The Morgan fingerprint density at radius 1 is 0.482 bits per heavy atom. The van der Waals surface area contributed by atoms with E-state index >= 15 is 0 Å². The predicted octanol–water partition coefficient (Wildman–Crippen LogP) is 12.4. The maximum Gasteiger partial charge on any atom is 0.268 e. The van der Waals surface area contributed by atoms with Crippen LogP contribution in [-0.2, 0) is 20.0 Å². The van der Waals surface area contributed by atoms with Gasteiger partial charge in [-0.1, -0.05) is 96.5 Å². The Morgan fingerprint density at radius 2 is 0.882 bits per heavy atom. The van der Waals surface area contributed by atoms with E-state index in [2.05, 4.69) is 47.3 Å². The molecule has 0 aliphatic rings. The van der Waals surface area contributed by atoms with Crippen molar-refractivity contribution in [3.63, 3.8) is 0 Å². The lowest BCUT2D eigenvalue weighted by molar-refractivity contribution is 0.101. The molecule has 0 saturated carbocycles. The fraction of sp³-hybridized carbons (Fsp3) is 0. The third-order valence-corrected chi connectivity index (χ3v) is 16.9. The molecule has 8 N–H and O–H groups in total. The van der Waals surface area contributed by atoms with Gasteiger partial charge in [-0.2, -0.15) is 5.26 Å². The lowest BCUT2D eigenvalue weighted by atomic mass is 10.1. The number of halogens is 1. The molecule has 19 nitrogen and oxygen atoms in total. The zero-order valence-corrected chi connectivity index (χ0v) is 46.8. The van der Waals surface area contributed by atoms with Crippen molar-refractivity contribution < 1.29 is 26.4 Å². The largest absolute Gasteiger partial charge is 0.399 e. The summed E-state index contributed by atoms with van der Waals surface area (Å²) in [5.74, 6) is -0.159. The number of fused-ring (bicyclic) bond motifs is 2. The zero-order valence-electron chi connectivity index (χ0n) is 44.4. The number of nitriles is 1. The molecule has 12 rings (SSSR count). The second kappa shape index (κ2) is 23.7. The van der Waals surface area contributed by atoms with Gasteiger partial charge >= 0.3 is 0 Å². The molecule has 0 aliphatic heterocycles. The fourth-order valence-corrected chi connectivity index (χ4v) is 12.1. The Balaban J connectivity index is 0.000000177. The second-order valence-electron chi connectivity index (χ2n) is 18.9. The molecule has 418 valence electrons. The third-order valence-electron chi connectivity index (χ3n) is 13.2. The topological polar surface area (TPSA) is 288 Å². The molecule has 0 atom stereocenters. The lowest BCUT2D eigenvalue weighted by Gasteiger charge is -2.10. The summed E-state index contributed by atoms with van der Waals surface area (Å²) in [6.45, 7) is 0. The van der Waals surface area contributed by atoms with E-state index in [0.29, 0.717) is 83.9 Å². The van der Waals surface area contributed by atoms with Crippen LogP contribution in [0.5, 0.6) is 0 Å². The van der Waals surface area contributed by atoms with Crippen molar-refractivity contribution in [3.8, 4) is 28.6 Å². The Bertz CT molecular complexity index is 4790. The van der Waals surface area contributed by atoms with Gasteiger partial charge in [0.05, 0.1) is 55.2 Å². The van der Waals surface area contributed by atoms with Gasteiger partial charge in [-0.3, -0.25) is 9.59 Å². The van der Waals surface area contributed by atoms with E-state index in [1.165, 1.54) is 44.9 Å². The van der Waals surface area contributed by atoms with Crippen molar-refractivity contribution in [1.29, 1.82) is 5.26 Å². The number of hydrogen-bond acceptors (Lipinski definition) is 15. The van der Waals surface area contributed by atoms with Gasteiger partial charge in [0.25, 0.3) is 31.9 Å². The Morgan fingerprint density at radius 3 is 1.34 bits per heavy atom. The van der Waals surface area contributed by atoms with E-state index in [1.54, 1.807) is 182 Å². The van der Waals surface area contributed by atoms with Gasteiger partial charge in [0, 0.05) is 79.5 Å². The van der Waals surface area contributed by atoms with E-state index in [1.807, 2.05) is 12.1 Å². The molecule has 85 heavy (non-hydrogen) atoms. The number of nitrogens with zero attached hydrogens (tertiary/aromatic N) is 7. The van der Waals surface area contributed by atoms with Gasteiger partial charge in [0.15, 0.2) is 0 Å². The number of nitrogen functional groups attached to an aromatic ring is 2. The van der Waals surface area contributed by atoms with Crippen LogP contribution in [0.3, 0.4) is 0 Å². The van der Waals surface area contributed by atoms with Crippen molar-refractivity contribution in [3.05, 3.63) is 253 Å². The normalized spacial score (nSPS) is 11.2. The highest BCUT2D eigenvalue weighted by molar-refractivity contribution is 7.90. The highest BCUT2D eigenvalue weighted by Gasteiger charge is 2.26. The number of rotatable bonds is 14. The molecule has 0 bridgehead atoms. The van der Waals surface area contributed by atoms with E-state index < -0.39 is 20.0 Å². The number of benzene rings is 8. The van der Waals surface area contributed by atoms with Gasteiger partial charge in [0.1, 0.15) is 6.07 Å². The SMILES string of the molecule is N#Cc1cnc(Nc2cccc(NC(=O)c3ccc(N)cc3)c2)nc1-c1cn(S(=O)(=O)c2ccccc2)c2ccccc12.Nc1ccc(C(=O)Nc2cccc(Nc3ncc(Cl)c(-c4cn(S(=O)(=O)c5ccccc5)c5ccccc45)n3)c2)cc1. The van der Waals surface area contributed by atoms with Crippen LogP contribution >= 0.6 is 11.6 Å². The number of amides is 2. The first-order chi connectivity index (χ1) is 41.1. The molecule has 0 radical (unpaired) electrons. The van der Waals surface area contributed by atoms with Crippen LogP contribution in [0.1, 0.15) is 26.3 Å². The van der Waals surface area contributed by atoms with Crippen LogP contribution in [0.4, 0.5) is 46.0 Å². The van der Waals surface area contributed by atoms with E-state index in [9.17, 15) is 31.7 Å². The lowest BCUT2D eigenvalue weighted by Crippen LogP contribution is -2.12. The molecule has 8 aromatic carbocycles. The van der Waals surface area contributed by atoms with Crippen LogP contribution in [0.15, 0.2) is 241 Å². The zero-order chi connectivity index (χ0) is 59.2. The van der Waals surface area contributed by atoms with Crippen molar-refractivity contribution >= 4 is 111 Å². The quantitative estimate of drug-likeness (QED) is 0.0552. The molecule has 0 unspecified atom stereocenters. The fourth-order valence-electron chi connectivity index (χ4n) is 9.12. The average molecular weight is 1180 g/mol. The van der Waals surface area contributed by atoms with E-state index in [0.717, 1.165) is 0 Å². The maximum atomic E-state index is 13.6. The first-order valence-electron chi connectivity index (χ1n) is 25.8. The molecular formula is C63H46ClN13O6S2. The summed E-state index contributed by atoms with van der Waals surface area (Å²) in [5.41, 5.74) is 18.5. The number of para-hydroxylation sites is 2. The van der Waals surface area contributed by atoms with Gasteiger partial charge < -0.3 is 32.7 Å². The number of hydrogen-bond donors (Lipinski definition) is 6. The number of anilines is 8. The van der Waals surface area contributed by atoms with Crippen LogP contribution in [-0.4, -0.2) is 56.5 Å². The molecule has 2 amide bonds. The van der Waals surface area contributed by atoms with Crippen molar-refractivity contribution in [1.82, 2.24) is 27.9 Å². The Kier molecular flexibility index (Phi) is 15.6. The summed E-state index contributed by atoms with van der Waals surface area (Å²) in [6, 6.07) is 59.9. The van der Waals surface area contributed by atoms with Crippen molar-refractivity contribution in [2.24, 2.45) is 0 Å². The van der Waals surface area contributed by atoms with Gasteiger partial charge in [-0.25, -0.2) is 44.7 Å². The standard InChI is InChI=1S/C32H23N7O3S.C31H23ClN6O3S/c33-18-22-19-35-32(37-25-8-6-7-24(17-25)36-31(40)21-13-15-23(34)16-14-21)38-30(22)28-20-39(29-12-5-4-11-27(28)29)43(41,42)26-9-2-1-3-10-26;32-27-18-34-31(36-23-8-6-7-22(17-23)35-30(39)20-13-15-21(33)16-14-20)37-29(27)26-19-38(28-12-5-4-11-25(26)28)42(40,41)24-9-2-1-3-10-24/h1-17,19-20H,34H2,(H,36,40)(H,35,37,38);1-19H,33H2,(H,35,39)(H,34,36,37). The van der Waals surface area contributed by atoms with Gasteiger partial charge in [-0.15, -0.1) is 0 Å². The molecule has 0 saturated heterocycles. The summed E-state index contributed by atoms with van der Waals surface area (Å²) in [7, 11) is -7.82. The summed E-state index contributed by atoms with van der Waals surface area (Å²) in [5, 5.41) is 23.4. The number of nitrogens with two attached hydrogens (primary N) is 2. The summed E-state index contributed by atoms with van der Waals surface area (Å²) >= 11 is 6.56. The van der Waals surface area contributed by atoms with Crippen LogP contribution in [0.25, 0.3) is 44.3 Å². The molecule has 4 aromatic heterocycles. The van der Waals surface area contributed by atoms with Gasteiger partial charge in [-0.05, 0) is 121 Å². The predicted molar refractivity (Wildman–Crippen MR) is 331 cm³/mol. The van der Waals surface area contributed by atoms with Crippen LogP contribution < -0.4 is 32.7 Å². The minimum absolute atomic E-state index is 0.135. The average Bonchev–Trinajstić information content (AvgIpc) is 2.30. The first-order valence-corrected chi connectivity index (χ1v) is 29.1. The number of carbonyl (C=O) groups excluding carboxylic acids is 2. The third kappa shape index (κ3) is 12.0. The highest BCUT2D eigenvalue weighted by Crippen LogP contribution is 2.37. The molecule has 0 aliphatic carbocycles. The van der Waals surface area contributed by atoms with Crippen molar-refractivity contribution in [2.45, 2.75) is 9.79 Å². The van der Waals surface area contributed by atoms with E-state index in [4.69, 9.17) is 23.1 Å². The molecule has 0 spiro atoms. The summed E-state index contributed by atoms with van der Waals surface area (Å²) in [6.07, 6.45) is 5.84. The first kappa shape index (κ1) is 55.7. The molecule has 12 aromatic rings. The molecule has 4 heterocycles. The summed E-state index contributed by atoms with van der Waals surface area (Å²) in [4.78, 5) is 43.5. The maximum absolute atomic E-state index is 13.6. The summed E-state index contributed by atoms with van der Waals surface area (Å²) < 4.78 is 56.7. The molecule has 22 heteroatoms. The number of carbonyl (C=O) groups is 2. The molecule has 0 fully saturated rings. The second-order valence-corrected chi connectivity index (χ2v) is 22.9. The number of aromatic nitrogens is 6. The highest BCUT2D eigenvalue weighted by atomic mass is 35.5. The van der Waals surface area contributed by atoms with E-state index in [-0.39, 0.29) is 49.8 Å². The van der Waals surface area contributed by atoms with Crippen LogP contribution in [0.2, 0.25) is 5.02 Å². The van der Waals surface area contributed by atoms with Gasteiger partial charge in [0.2, 0.25) is 11.9 Å². The minimum Gasteiger partial charge on any atom is -0.399 e. The number of nitrogens with one attached hydrogen (secondary N) is 4. The smallest absolute Gasteiger partial charge is 0.268 e. The minimum atomic E-state index is -3.93. The van der Waals surface area contributed by atoms with Crippen molar-refractivity contribution in [2.75, 3.05) is 32.7 Å². The Labute approximate surface area is 492 Å². The monoisotopic (exact) mass is 1180 g/mol. The van der Waals surface area contributed by atoms with Crippen LogP contribution in [0, 0.1) is 11.3 Å². The Hall–Kier alpha value is -11.2.